The highest BCUT2D eigenvalue weighted by Crippen LogP contribution is 2.43. The fourth-order valence-corrected chi connectivity index (χ4v) is 4.40. The van der Waals surface area contributed by atoms with Crippen LogP contribution in [0.4, 0.5) is 0 Å². The number of carbonyl (C=O) groups is 1. The Morgan fingerprint density at radius 1 is 1.15 bits per heavy atom. The maximum atomic E-state index is 13.8. The average Bonchev–Trinajstić information content (AvgIpc) is 3.35. The maximum absolute atomic E-state index is 13.8. The lowest BCUT2D eigenvalue weighted by Crippen LogP contribution is -2.52. The topological polar surface area (TPSA) is 101 Å². The second-order valence-electron chi connectivity index (χ2n) is 8.99. The number of ether oxygens (including phenoxy) is 3. The molecule has 0 spiro atoms. The summed E-state index contributed by atoms with van der Waals surface area (Å²) in [7, 11) is 1.59. The predicted octanol–water partition coefficient (Wildman–Crippen LogP) is 4.76. The fraction of sp³-hybridized carbons (Fsp3) is 0.267. The predicted molar refractivity (Wildman–Crippen MR) is 151 cm³/mol. The summed E-state index contributed by atoms with van der Waals surface area (Å²) in [5.74, 6) is 1.28. The van der Waals surface area contributed by atoms with E-state index in [4.69, 9.17) is 35.9 Å². The van der Waals surface area contributed by atoms with Gasteiger partial charge in [-0.15, -0.1) is 6.58 Å². The van der Waals surface area contributed by atoms with Crippen molar-refractivity contribution >= 4 is 23.4 Å². The smallest absolute Gasteiger partial charge is 0.266 e. The van der Waals surface area contributed by atoms with E-state index in [-0.39, 0.29) is 18.9 Å². The Hall–Kier alpha value is -3.85. The van der Waals surface area contributed by atoms with Crippen LogP contribution >= 0.6 is 11.6 Å². The van der Waals surface area contributed by atoms with Crippen molar-refractivity contribution in [2.75, 3.05) is 20.3 Å². The summed E-state index contributed by atoms with van der Waals surface area (Å²) < 4.78 is 17.5. The summed E-state index contributed by atoms with van der Waals surface area (Å²) in [6, 6.07) is 22.0. The first-order valence-corrected chi connectivity index (χ1v) is 13.0. The van der Waals surface area contributed by atoms with E-state index in [0.717, 1.165) is 11.1 Å². The largest absolute Gasteiger partial charge is 0.497 e. The summed E-state index contributed by atoms with van der Waals surface area (Å²) in [5.41, 5.74) is 6.89. The van der Waals surface area contributed by atoms with Crippen molar-refractivity contribution in [3.05, 3.63) is 107 Å². The van der Waals surface area contributed by atoms with Gasteiger partial charge >= 0.3 is 0 Å². The molecule has 3 N–H and O–H groups in total. The van der Waals surface area contributed by atoms with Crippen LogP contribution in [0.15, 0.2) is 90.4 Å². The number of amides is 1. The monoisotopic (exact) mass is 549 g/mol. The van der Waals surface area contributed by atoms with E-state index >= 15 is 0 Å². The van der Waals surface area contributed by atoms with Crippen LogP contribution in [-0.4, -0.2) is 42.8 Å². The Morgan fingerprint density at radius 2 is 1.92 bits per heavy atom. The zero-order chi connectivity index (χ0) is 27.7. The van der Waals surface area contributed by atoms with Crippen molar-refractivity contribution in [2.45, 2.75) is 31.0 Å². The highest BCUT2D eigenvalue weighted by Gasteiger charge is 2.52. The number of methoxy groups -OCH3 is 1. The van der Waals surface area contributed by atoms with Gasteiger partial charge in [0.05, 0.1) is 13.7 Å². The molecule has 3 aromatic carbocycles. The van der Waals surface area contributed by atoms with Gasteiger partial charge in [0.2, 0.25) is 5.90 Å². The summed E-state index contributed by atoms with van der Waals surface area (Å²) in [6.45, 7) is 4.77. The average molecular weight is 550 g/mol. The number of aliphatic imine (C=N–C) groups is 1. The van der Waals surface area contributed by atoms with Gasteiger partial charge in [-0.05, 0) is 59.7 Å². The molecule has 0 bridgehead atoms. The fourth-order valence-electron chi connectivity index (χ4n) is 4.28. The maximum Gasteiger partial charge on any atom is 0.266 e. The first kappa shape index (κ1) is 28.2. The molecule has 39 heavy (non-hydrogen) atoms. The molecular formula is C30H32ClN3O5. The van der Waals surface area contributed by atoms with Gasteiger partial charge in [-0.3, -0.25) is 10.2 Å². The molecule has 9 heteroatoms. The molecule has 3 aromatic rings. The molecule has 0 aliphatic carbocycles. The van der Waals surface area contributed by atoms with Crippen LogP contribution in [0.25, 0.3) is 0 Å². The van der Waals surface area contributed by atoms with Gasteiger partial charge in [0.1, 0.15) is 11.5 Å². The van der Waals surface area contributed by atoms with Crippen LogP contribution in [0.5, 0.6) is 11.5 Å². The van der Waals surface area contributed by atoms with Gasteiger partial charge < -0.3 is 19.3 Å². The van der Waals surface area contributed by atoms with Crippen LogP contribution in [0.3, 0.4) is 0 Å². The Kier molecular flexibility index (Phi) is 9.59. The van der Waals surface area contributed by atoms with E-state index in [1.165, 1.54) is 0 Å². The second kappa shape index (κ2) is 13.3. The number of nitrogens with zero attached hydrogens (tertiary/aromatic N) is 1. The number of nitrogens with one attached hydrogen (secondary N) is 2. The SMILES string of the molecule is C=CC[C@]1(C(=O)NNCc2ccc(Cl)cc2)N=C(c2ccc(OCCCO)cc2)O[C@H]1c1cccc(OC)c1. The lowest BCUT2D eigenvalue weighted by atomic mass is 9.84. The van der Waals surface area contributed by atoms with E-state index < -0.39 is 11.6 Å². The number of aliphatic hydroxyl groups excluding tert-OH is 1. The number of carbonyl (C=O) groups excluding carboxylic acids is 1. The van der Waals surface area contributed by atoms with Gasteiger partial charge in [0.25, 0.3) is 5.91 Å². The number of hydrogen-bond donors (Lipinski definition) is 3. The number of benzene rings is 3. The first-order chi connectivity index (χ1) is 19.0. The minimum atomic E-state index is -1.33. The zero-order valence-corrected chi connectivity index (χ0v) is 22.5. The van der Waals surface area contributed by atoms with Gasteiger partial charge in [0.15, 0.2) is 11.6 Å². The quantitative estimate of drug-likeness (QED) is 0.161. The normalized spacial score (nSPS) is 18.1. The van der Waals surface area contributed by atoms with Gasteiger partial charge in [-0.1, -0.05) is 41.9 Å². The molecular weight excluding hydrogens is 518 g/mol. The number of halogens is 1. The van der Waals surface area contributed by atoms with E-state index in [2.05, 4.69) is 17.4 Å². The van der Waals surface area contributed by atoms with Crippen LogP contribution in [0, 0.1) is 0 Å². The lowest BCUT2D eigenvalue weighted by Gasteiger charge is -2.29. The van der Waals surface area contributed by atoms with E-state index in [1.807, 2.05) is 48.5 Å². The van der Waals surface area contributed by atoms with Crippen LogP contribution in [0.2, 0.25) is 5.02 Å². The highest BCUT2D eigenvalue weighted by molar-refractivity contribution is 6.30. The molecule has 4 rings (SSSR count). The van der Waals surface area contributed by atoms with Gasteiger partial charge in [-0.25, -0.2) is 10.4 Å². The summed E-state index contributed by atoms with van der Waals surface area (Å²) in [5, 5.41) is 9.62. The third-order valence-corrected chi connectivity index (χ3v) is 6.54. The third kappa shape index (κ3) is 6.78. The molecule has 0 unspecified atom stereocenters. The number of hydrazine groups is 1. The minimum Gasteiger partial charge on any atom is -0.497 e. The van der Waals surface area contributed by atoms with Crippen molar-refractivity contribution < 1.29 is 24.1 Å². The molecule has 0 saturated carbocycles. The molecule has 1 aliphatic rings. The molecule has 2 atom stereocenters. The van der Waals surface area contributed by atoms with Crippen LogP contribution in [-0.2, 0) is 16.1 Å². The molecule has 0 radical (unpaired) electrons. The van der Waals surface area contributed by atoms with Crippen LogP contribution < -0.4 is 20.3 Å². The van der Waals surface area contributed by atoms with E-state index in [9.17, 15) is 4.79 Å². The number of aliphatic hydroxyl groups is 1. The summed E-state index contributed by atoms with van der Waals surface area (Å²) in [6.07, 6.45) is 1.71. The van der Waals surface area contributed by atoms with Gasteiger partial charge in [0, 0.05) is 36.6 Å². The molecule has 1 heterocycles. The molecule has 8 nitrogen and oxygen atoms in total. The lowest BCUT2D eigenvalue weighted by molar-refractivity contribution is -0.129. The molecule has 1 amide bonds. The van der Waals surface area contributed by atoms with E-state index in [0.29, 0.717) is 47.6 Å². The Bertz CT molecular complexity index is 1300. The summed E-state index contributed by atoms with van der Waals surface area (Å²) in [4.78, 5) is 18.7. The summed E-state index contributed by atoms with van der Waals surface area (Å²) >= 11 is 5.98. The molecule has 204 valence electrons. The van der Waals surface area contributed by atoms with Crippen molar-refractivity contribution in [2.24, 2.45) is 4.99 Å². The Balaban J connectivity index is 1.62. The van der Waals surface area contributed by atoms with Crippen molar-refractivity contribution in [3.8, 4) is 11.5 Å². The molecule has 0 fully saturated rings. The number of hydrogen-bond acceptors (Lipinski definition) is 7. The Morgan fingerprint density at radius 3 is 2.62 bits per heavy atom. The zero-order valence-electron chi connectivity index (χ0n) is 21.7. The second-order valence-corrected chi connectivity index (χ2v) is 9.43. The van der Waals surface area contributed by atoms with Crippen molar-refractivity contribution in [1.82, 2.24) is 10.9 Å². The van der Waals surface area contributed by atoms with Crippen LogP contribution in [0.1, 0.15) is 35.6 Å². The van der Waals surface area contributed by atoms with Crippen molar-refractivity contribution in [1.29, 1.82) is 0 Å². The number of rotatable bonds is 13. The minimum absolute atomic E-state index is 0.0659. The first-order valence-electron chi connectivity index (χ1n) is 12.6. The molecule has 0 saturated heterocycles. The van der Waals surface area contributed by atoms with Gasteiger partial charge in [-0.2, -0.15) is 0 Å². The van der Waals surface area contributed by atoms with E-state index in [1.54, 1.807) is 37.5 Å². The Labute approximate surface area is 233 Å². The van der Waals surface area contributed by atoms with Crippen molar-refractivity contribution in [3.63, 3.8) is 0 Å². The standard InChI is InChI=1S/C30H32ClN3O5/c1-3-16-30(29(36)34-32-20-21-8-12-24(31)13-9-21)27(23-6-4-7-26(19-23)37-2)39-28(33-30)22-10-14-25(15-11-22)38-18-5-17-35/h3-4,6-15,19,27,32,35H,1,5,16-18,20H2,2H3,(H,34,36)/t27-,30-/m0/s1. The molecule has 0 aromatic heterocycles. The third-order valence-electron chi connectivity index (χ3n) is 6.29. The highest BCUT2D eigenvalue weighted by atomic mass is 35.5. The molecule has 1 aliphatic heterocycles.